The minimum Gasteiger partial charge on any atom is -0.378 e. The molecular formula is C16H22N2O. The maximum Gasteiger partial charge on any atom is 0.123 e. The molecule has 1 N–H and O–H groups in total. The Balaban J connectivity index is 2.28. The number of hydrogen-bond donors (Lipinski definition) is 1. The van der Waals surface area contributed by atoms with Crippen LogP contribution in [0, 0.1) is 16.7 Å². The van der Waals surface area contributed by atoms with Gasteiger partial charge in [0.1, 0.15) is 5.41 Å². The summed E-state index contributed by atoms with van der Waals surface area (Å²) in [6, 6.07) is 11.0. The Morgan fingerprint density at radius 2 is 1.84 bits per heavy atom. The molecule has 0 aromatic heterocycles. The first-order valence-corrected chi connectivity index (χ1v) is 6.70. The molecule has 1 heterocycles. The van der Waals surface area contributed by atoms with Gasteiger partial charge < -0.3 is 10.1 Å². The highest BCUT2D eigenvalue weighted by Gasteiger charge is 2.46. The summed E-state index contributed by atoms with van der Waals surface area (Å²) >= 11 is 0. The maximum absolute atomic E-state index is 9.41. The molecule has 2 rings (SSSR count). The number of benzene rings is 1. The Bertz CT molecular complexity index is 475. The molecule has 0 amide bonds. The second-order valence-electron chi connectivity index (χ2n) is 6.35. The monoisotopic (exact) mass is 258 g/mol. The largest absolute Gasteiger partial charge is 0.378 e. The molecule has 3 heteroatoms. The molecule has 1 aromatic rings. The van der Waals surface area contributed by atoms with Crippen LogP contribution in [0.5, 0.6) is 0 Å². The van der Waals surface area contributed by atoms with Crippen molar-refractivity contribution in [2.75, 3.05) is 20.3 Å². The predicted molar refractivity (Wildman–Crippen MR) is 75.8 cm³/mol. The SMILES string of the molecule is CNC(c1ccc(C(C)(C)C)cc1)C1(C#N)COC1. The molecule has 1 fully saturated rings. The van der Waals surface area contributed by atoms with Crippen LogP contribution >= 0.6 is 0 Å². The van der Waals surface area contributed by atoms with Crippen molar-refractivity contribution in [1.29, 1.82) is 5.26 Å². The fraction of sp³-hybridized carbons (Fsp3) is 0.562. The van der Waals surface area contributed by atoms with Crippen molar-refractivity contribution in [3.05, 3.63) is 35.4 Å². The summed E-state index contributed by atoms with van der Waals surface area (Å²) in [4.78, 5) is 0. The van der Waals surface area contributed by atoms with Crippen LogP contribution in [0.15, 0.2) is 24.3 Å². The molecule has 0 bridgehead atoms. The van der Waals surface area contributed by atoms with Gasteiger partial charge in [0.05, 0.1) is 25.3 Å². The molecule has 19 heavy (non-hydrogen) atoms. The standard InChI is InChI=1S/C16H22N2O/c1-15(2,3)13-7-5-12(6-8-13)14(18-4)16(9-17)10-19-11-16/h5-8,14,18H,10-11H2,1-4H3. The summed E-state index contributed by atoms with van der Waals surface area (Å²) in [5.41, 5.74) is 2.19. The van der Waals surface area contributed by atoms with Crippen LogP contribution in [0.3, 0.4) is 0 Å². The van der Waals surface area contributed by atoms with Gasteiger partial charge in [0.2, 0.25) is 0 Å². The van der Waals surface area contributed by atoms with Crippen molar-refractivity contribution in [2.24, 2.45) is 5.41 Å². The molecule has 102 valence electrons. The first-order chi connectivity index (χ1) is 8.93. The van der Waals surface area contributed by atoms with E-state index in [2.05, 4.69) is 56.4 Å². The molecule has 1 aliphatic rings. The zero-order chi connectivity index (χ0) is 14.1. The number of nitrogens with zero attached hydrogens (tertiary/aromatic N) is 1. The lowest BCUT2D eigenvalue weighted by Crippen LogP contribution is -2.50. The van der Waals surface area contributed by atoms with Crippen molar-refractivity contribution in [3.63, 3.8) is 0 Å². The van der Waals surface area contributed by atoms with Crippen LogP contribution in [-0.4, -0.2) is 20.3 Å². The molecule has 1 saturated heterocycles. The Morgan fingerprint density at radius 3 is 2.16 bits per heavy atom. The normalized spacial score (nSPS) is 19.3. The molecule has 1 unspecified atom stereocenters. The summed E-state index contributed by atoms with van der Waals surface area (Å²) in [5, 5.41) is 12.7. The predicted octanol–water partition coefficient (Wildman–Crippen LogP) is 2.78. The summed E-state index contributed by atoms with van der Waals surface area (Å²) in [6.45, 7) is 7.63. The Labute approximate surface area is 115 Å². The number of nitriles is 1. The number of rotatable bonds is 3. The van der Waals surface area contributed by atoms with E-state index in [1.807, 2.05) is 7.05 Å². The van der Waals surface area contributed by atoms with Gasteiger partial charge in [0, 0.05) is 0 Å². The van der Waals surface area contributed by atoms with E-state index in [0.29, 0.717) is 13.2 Å². The van der Waals surface area contributed by atoms with E-state index in [4.69, 9.17) is 4.74 Å². The summed E-state index contributed by atoms with van der Waals surface area (Å²) < 4.78 is 5.25. The van der Waals surface area contributed by atoms with Crippen LogP contribution in [0.2, 0.25) is 0 Å². The van der Waals surface area contributed by atoms with Crippen LogP contribution in [0.4, 0.5) is 0 Å². The minimum atomic E-state index is -0.419. The summed E-state index contributed by atoms with van der Waals surface area (Å²) in [7, 11) is 1.90. The fourth-order valence-electron chi connectivity index (χ4n) is 2.56. The first kappa shape index (κ1) is 14.0. The lowest BCUT2D eigenvalue weighted by Gasteiger charge is -2.41. The Morgan fingerprint density at radius 1 is 1.26 bits per heavy atom. The van der Waals surface area contributed by atoms with E-state index in [-0.39, 0.29) is 11.5 Å². The molecule has 0 aliphatic carbocycles. The molecule has 0 saturated carbocycles. The molecule has 0 spiro atoms. The number of ether oxygens (including phenoxy) is 1. The molecular weight excluding hydrogens is 236 g/mol. The molecule has 0 radical (unpaired) electrons. The van der Waals surface area contributed by atoms with E-state index < -0.39 is 5.41 Å². The van der Waals surface area contributed by atoms with Gasteiger partial charge in [-0.1, -0.05) is 45.0 Å². The zero-order valence-corrected chi connectivity index (χ0v) is 12.2. The van der Waals surface area contributed by atoms with Gasteiger partial charge in [-0.25, -0.2) is 0 Å². The average molecular weight is 258 g/mol. The Hall–Kier alpha value is -1.37. The van der Waals surface area contributed by atoms with E-state index in [0.717, 1.165) is 5.56 Å². The lowest BCUT2D eigenvalue weighted by molar-refractivity contribution is -0.0963. The van der Waals surface area contributed by atoms with E-state index >= 15 is 0 Å². The third kappa shape index (κ3) is 2.51. The fourth-order valence-corrected chi connectivity index (χ4v) is 2.56. The van der Waals surface area contributed by atoms with Gasteiger partial charge in [-0.05, 0) is 23.6 Å². The van der Waals surface area contributed by atoms with Gasteiger partial charge in [0.25, 0.3) is 0 Å². The van der Waals surface area contributed by atoms with Crippen molar-refractivity contribution in [1.82, 2.24) is 5.32 Å². The van der Waals surface area contributed by atoms with Gasteiger partial charge in [-0.3, -0.25) is 0 Å². The molecule has 3 nitrogen and oxygen atoms in total. The minimum absolute atomic E-state index is 0.0280. The van der Waals surface area contributed by atoms with Gasteiger partial charge in [0.15, 0.2) is 0 Å². The average Bonchev–Trinajstić information content (AvgIpc) is 2.33. The van der Waals surface area contributed by atoms with E-state index in [9.17, 15) is 5.26 Å². The van der Waals surface area contributed by atoms with Crippen molar-refractivity contribution in [2.45, 2.75) is 32.2 Å². The summed E-state index contributed by atoms with van der Waals surface area (Å²) in [6.07, 6.45) is 0. The highest BCUT2D eigenvalue weighted by molar-refractivity contribution is 5.32. The first-order valence-electron chi connectivity index (χ1n) is 6.70. The van der Waals surface area contributed by atoms with Crippen molar-refractivity contribution >= 4 is 0 Å². The Kier molecular flexibility index (Phi) is 3.66. The van der Waals surface area contributed by atoms with E-state index in [1.165, 1.54) is 5.56 Å². The third-order valence-corrected chi connectivity index (χ3v) is 3.89. The molecule has 1 aliphatic heterocycles. The summed E-state index contributed by atoms with van der Waals surface area (Å²) in [5.74, 6) is 0. The quantitative estimate of drug-likeness (QED) is 0.906. The van der Waals surface area contributed by atoms with Crippen LogP contribution in [-0.2, 0) is 10.2 Å². The van der Waals surface area contributed by atoms with Crippen molar-refractivity contribution in [3.8, 4) is 6.07 Å². The van der Waals surface area contributed by atoms with E-state index in [1.54, 1.807) is 0 Å². The van der Waals surface area contributed by atoms with Crippen molar-refractivity contribution < 1.29 is 4.74 Å². The second-order valence-corrected chi connectivity index (χ2v) is 6.35. The van der Waals surface area contributed by atoms with Gasteiger partial charge >= 0.3 is 0 Å². The maximum atomic E-state index is 9.41. The number of hydrogen-bond acceptors (Lipinski definition) is 3. The molecule has 1 atom stereocenters. The number of nitrogens with one attached hydrogen (secondary N) is 1. The highest BCUT2D eigenvalue weighted by Crippen LogP contribution is 2.40. The third-order valence-electron chi connectivity index (χ3n) is 3.89. The second kappa shape index (κ2) is 4.96. The van der Waals surface area contributed by atoms with Gasteiger partial charge in [-0.2, -0.15) is 5.26 Å². The lowest BCUT2D eigenvalue weighted by atomic mass is 9.76. The van der Waals surface area contributed by atoms with Gasteiger partial charge in [-0.15, -0.1) is 0 Å². The molecule has 1 aromatic carbocycles. The zero-order valence-electron chi connectivity index (χ0n) is 12.2. The smallest absolute Gasteiger partial charge is 0.123 e. The van der Waals surface area contributed by atoms with Crippen LogP contribution in [0.1, 0.15) is 37.9 Å². The highest BCUT2D eigenvalue weighted by atomic mass is 16.5. The van der Waals surface area contributed by atoms with Crippen LogP contribution in [0.25, 0.3) is 0 Å². The topological polar surface area (TPSA) is 45.0 Å². The van der Waals surface area contributed by atoms with Crippen LogP contribution < -0.4 is 5.32 Å².